The number of nitrogens with zero attached hydrogens (tertiary/aromatic N) is 3. The summed E-state index contributed by atoms with van der Waals surface area (Å²) in [5.74, 6) is 1.11. The number of hydrogen-bond donors (Lipinski definition) is 0. The van der Waals surface area contributed by atoms with Gasteiger partial charge >= 0.3 is 5.69 Å². The zero-order chi connectivity index (χ0) is 17.6. The van der Waals surface area contributed by atoms with E-state index in [0.717, 1.165) is 26.7 Å². The Morgan fingerprint density at radius 2 is 2.00 bits per heavy atom. The lowest BCUT2D eigenvalue weighted by Gasteiger charge is -2.11. The summed E-state index contributed by atoms with van der Waals surface area (Å²) in [6, 6.07) is 1.89. The molecule has 0 aliphatic rings. The van der Waals surface area contributed by atoms with Crippen molar-refractivity contribution in [2.45, 2.75) is 40.7 Å². The van der Waals surface area contributed by atoms with Crippen LogP contribution in [0.25, 0.3) is 10.2 Å². The fourth-order valence-electron chi connectivity index (χ4n) is 2.86. The van der Waals surface area contributed by atoms with Gasteiger partial charge in [0, 0.05) is 30.5 Å². The Bertz CT molecular complexity index is 1000. The average molecular weight is 347 g/mol. The second-order valence-electron chi connectivity index (χ2n) is 6.56. The Kier molecular flexibility index (Phi) is 4.21. The molecule has 3 heterocycles. The lowest BCUT2D eigenvalue weighted by Crippen LogP contribution is -2.38. The summed E-state index contributed by atoms with van der Waals surface area (Å²) in [7, 11) is 1.53. The lowest BCUT2D eigenvalue weighted by atomic mass is 10.1. The van der Waals surface area contributed by atoms with E-state index < -0.39 is 0 Å². The van der Waals surface area contributed by atoms with Crippen LogP contribution in [-0.4, -0.2) is 14.3 Å². The summed E-state index contributed by atoms with van der Waals surface area (Å²) >= 11 is 1.50. The van der Waals surface area contributed by atoms with Crippen molar-refractivity contribution in [3.05, 3.63) is 48.8 Å². The third kappa shape index (κ3) is 2.73. The number of rotatable bonds is 4. The number of aryl methyl sites for hydroxylation is 2. The first kappa shape index (κ1) is 16.7. The first-order valence-corrected chi connectivity index (χ1v) is 8.75. The molecule has 24 heavy (non-hydrogen) atoms. The van der Waals surface area contributed by atoms with Gasteiger partial charge < -0.3 is 4.52 Å². The Labute approximate surface area is 143 Å². The van der Waals surface area contributed by atoms with Crippen LogP contribution < -0.4 is 11.2 Å². The van der Waals surface area contributed by atoms with Crippen LogP contribution in [0.1, 0.15) is 35.7 Å². The molecule has 0 amide bonds. The van der Waals surface area contributed by atoms with Crippen LogP contribution in [0.3, 0.4) is 0 Å². The highest BCUT2D eigenvalue weighted by atomic mass is 32.1. The predicted molar refractivity (Wildman–Crippen MR) is 94.9 cm³/mol. The van der Waals surface area contributed by atoms with E-state index in [2.05, 4.69) is 19.0 Å². The molecule has 3 aromatic heterocycles. The maximum atomic E-state index is 12.5. The van der Waals surface area contributed by atoms with E-state index >= 15 is 0 Å². The molecule has 0 atom stereocenters. The van der Waals surface area contributed by atoms with Crippen molar-refractivity contribution in [1.29, 1.82) is 0 Å². The molecule has 3 aromatic rings. The molecule has 0 aliphatic carbocycles. The summed E-state index contributed by atoms with van der Waals surface area (Å²) in [6.45, 7) is 8.50. The highest BCUT2D eigenvalue weighted by molar-refractivity contribution is 7.18. The van der Waals surface area contributed by atoms with E-state index in [9.17, 15) is 9.59 Å². The maximum Gasteiger partial charge on any atom is 0.331 e. The molecule has 0 aliphatic heterocycles. The van der Waals surface area contributed by atoms with Crippen molar-refractivity contribution in [3.8, 4) is 0 Å². The third-order valence-corrected chi connectivity index (χ3v) is 5.30. The number of thiophene rings is 1. The molecule has 0 saturated carbocycles. The van der Waals surface area contributed by atoms with Crippen molar-refractivity contribution in [3.63, 3.8) is 0 Å². The molecule has 128 valence electrons. The van der Waals surface area contributed by atoms with Gasteiger partial charge in [0.1, 0.15) is 10.6 Å². The monoisotopic (exact) mass is 347 g/mol. The van der Waals surface area contributed by atoms with Gasteiger partial charge in [-0.3, -0.25) is 13.9 Å². The van der Waals surface area contributed by atoms with Crippen molar-refractivity contribution in [1.82, 2.24) is 14.3 Å². The zero-order valence-corrected chi connectivity index (χ0v) is 15.4. The Morgan fingerprint density at radius 1 is 1.29 bits per heavy atom. The molecule has 0 radical (unpaired) electrons. The molecule has 0 aromatic carbocycles. The van der Waals surface area contributed by atoms with E-state index in [1.165, 1.54) is 23.0 Å². The van der Waals surface area contributed by atoms with Crippen LogP contribution >= 0.6 is 11.3 Å². The normalized spacial score (nSPS) is 11.8. The first-order chi connectivity index (χ1) is 11.3. The topological polar surface area (TPSA) is 70.0 Å². The molecular formula is C17H21N3O3S. The minimum Gasteiger partial charge on any atom is -0.361 e. The van der Waals surface area contributed by atoms with Gasteiger partial charge in [0.25, 0.3) is 5.56 Å². The first-order valence-electron chi connectivity index (χ1n) is 7.93. The SMILES string of the molecule is Cc1noc(C)c1Cc1cc2c(=O)n(C)c(=O)n(CC(C)C)c2s1. The van der Waals surface area contributed by atoms with Crippen LogP contribution in [0.15, 0.2) is 20.2 Å². The van der Waals surface area contributed by atoms with Crippen LogP contribution in [0.5, 0.6) is 0 Å². The fraction of sp³-hybridized carbons (Fsp3) is 0.471. The summed E-state index contributed by atoms with van der Waals surface area (Å²) in [6.07, 6.45) is 0.652. The second kappa shape index (κ2) is 6.05. The van der Waals surface area contributed by atoms with Crippen molar-refractivity contribution in [2.75, 3.05) is 0 Å². The van der Waals surface area contributed by atoms with Gasteiger partial charge in [-0.25, -0.2) is 4.79 Å². The van der Waals surface area contributed by atoms with Gasteiger partial charge in [-0.05, 0) is 25.8 Å². The fourth-order valence-corrected chi connectivity index (χ4v) is 4.02. The molecular weight excluding hydrogens is 326 g/mol. The van der Waals surface area contributed by atoms with Crippen LogP contribution in [0.2, 0.25) is 0 Å². The summed E-state index contributed by atoms with van der Waals surface area (Å²) in [4.78, 5) is 26.7. The largest absolute Gasteiger partial charge is 0.361 e. The summed E-state index contributed by atoms with van der Waals surface area (Å²) in [5.41, 5.74) is 1.40. The maximum absolute atomic E-state index is 12.5. The Balaban J connectivity index is 2.18. The zero-order valence-electron chi connectivity index (χ0n) is 14.5. The molecule has 0 N–H and O–H groups in total. The predicted octanol–water partition coefficient (Wildman–Crippen LogP) is 2.61. The minimum atomic E-state index is -0.257. The molecule has 0 unspecified atom stereocenters. The van der Waals surface area contributed by atoms with Gasteiger partial charge in [-0.2, -0.15) is 0 Å². The Hall–Kier alpha value is -2.15. The molecule has 3 rings (SSSR count). The van der Waals surface area contributed by atoms with Crippen LogP contribution in [-0.2, 0) is 20.0 Å². The number of hydrogen-bond acceptors (Lipinski definition) is 5. The van der Waals surface area contributed by atoms with E-state index in [1.54, 1.807) is 4.57 Å². The van der Waals surface area contributed by atoms with Crippen molar-refractivity contribution in [2.24, 2.45) is 13.0 Å². The molecule has 6 nitrogen and oxygen atoms in total. The Morgan fingerprint density at radius 3 is 2.58 bits per heavy atom. The van der Waals surface area contributed by atoms with Gasteiger partial charge in [0.05, 0.1) is 11.1 Å². The van der Waals surface area contributed by atoms with Crippen molar-refractivity contribution >= 4 is 21.6 Å². The average Bonchev–Trinajstić information content (AvgIpc) is 3.08. The quantitative estimate of drug-likeness (QED) is 0.727. The molecule has 7 heteroatoms. The van der Waals surface area contributed by atoms with Gasteiger partial charge in [-0.15, -0.1) is 11.3 Å². The van der Waals surface area contributed by atoms with Gasteiger partial charge in [0.15, 0.2) is 0 Å². The minimum absolute atomic E-state index is 0.240. The summed E-state index contributed by atoms with van der Waals surface area (Å²) in [5, 5.41) is 4.58. The second-order valence-corrected chi connectivity index (χ2v) is 7.68. The van der Waals surface area contributed by atoms with E-state index in [1.807, 2.05) is 19.9 Å². The van der Waals surface area contributed by atoms with E-state index in [0.29, 0.717) is 24.3 Å². The van der Waals surface area contributed by atoms with E-state index in [-0.39, 0.29) is 11.2 Å². The van der Waals surface area contributed by atoms with Gasteiger partial charge in [0.2, 0.25) is 0 Å². The molecule has 0 fully saturated rings. The molecule has 0 saturated heterocycles. The lowest BCUT2D eigenvalue weighted by molar-refractivity contribution is 0.392. The van der Waals surface area contributed by atoms with Gasteiger partial charge in [-0.1, -0.05) is 19.0 Å². The highest BCUT2D eigenvalue weighted by Gasteiger charge is 2.17. The van der Waals surface area contributed by atoms with Crippen molar-refractivity contribution < 1.29 is 4.52 Å². The van der Waals surface area contributed by atoms with Crippen LogP contribution in [0.4, 0.5) is 0 Å². The molecule has 0 spiro atoms. The summed E-state index contributed by atoms with van der Waals surface area (Å²) < 4.78 is 8.12. The highest BCUT2D eigenvalue weighted by Crippen LogP contribution is 2.27. The van der Waals surface area contributed by atoms with Crippen LogP contribution in [0, 0.1) is 19.8 Å². The number of fused-ring (bicyclic) bond motifs is 1. The van der Waals surface area contributed by atoms with E-state index in [4.69, 9.17) is 4.52 Å². The smallest absolute Gasteiger partial charge is 0.331 e. The third-order valence-electron chi connectivity index (χ3n) is 4.14. The number of aromatic nitrogens is 3. The molecule has 0 bridgehead atoms. The standard InChI is InChI=1S/C17H21N3O3S/c1-9(2)8-20-16-14(15(21)19(5)17(20)22)7-12(24-16)6-13-10(3)18-23-11(13)4/h7,9H,6,8H2,1-5H3.